The van der Waals surface area contributed by atoms with Crippen LogP contribution in [0.4, 0.5) is 0 Å². The maximum Gasteiger partial charge on any atom is 0.206 e. The number of hydrogen-bond donors (Lipinski definition) is 2. The summed E-state index contributed by atoms with van der Waals surface area (Å²) in [5.41, 5.74) is 5.24. The molecule has 3 N–H and O–H groups in total. The minimum atomic E-state index is -0.972. The van der Waals surface area contributed by atoms with Crippen molar-refractivity contribution in [2.45, 2.75) is 25.4 Å². The molecule has 0 fully saturated rings. The topological polar surface area (TPSA) is 46.2 Å². The van der Waals surface area contributed by atoms with E-state index < -0.39 is 9.04 Å². The van der Waals surface area contributed by atoms with E-state index in [-0.39, 0.29) is 0 Å². The first-order valence-corrected chi connectivity index (χ1v) is 4.91. The molecule has 0 saturated heterocycles. The van der Waals surface area contributed by atoms with Crippen molar-refractivity contribution >= 4 is 9.04 Å². The lowest BCUT2D eigenvalue weighted by atomic mass is 10.5. The van der Waals surface area contributed by atoms with E-state index in [4.69, 9.17) is 10.5 Å². The molecule has 0 aromatic heterocycles. The van der Waals surface area contributed by atoms with Gasteiger partial charge in [0, 0.05) is 0 Å². The summed E-state index contributed by atoms with van der Waals surface area (Å²) in [5, 5.41) is 0. The molecule has 0 saturated carbocycles. The third kappa shape index (κ3) is 4.30. The largest absolute Gasteiger partial charge is 0.431 e. The van der Waals surface area contributed by atoms with Gasteiger partial charge >= 0.3 is 0 Å². The predicted octanol–water partition coefficient (Wildman–Crippen LogP) is 0.339. The molecule has 0 aliphatic heterocycles. The van der Waals surface area contributed by atoms with Crippen molar-refractivity contribution in [1.82, 2.24) is 0 Å². The van der Waals surface area contributed by atoms with Gasteiger partial charge in [-0.15, -0.1) is 0 Å². The molecule has 2 nitrogen and oxygen atoms in total. The summed E-state index contributed by atoms with van der Waals surface area (Å²) in [6.45, 7) is 2.74. The van der Waals surface area contributed by atoms with Crippen LogP contribution in [-0.4, -0.2) is 20.4 Å². The minimum absolute atomic E-state index is 0.717. The molecule has 1 radical (unpaired) electrons. The number of rotatable bonds is 4. The van der Waals surface area contributed by atoms with Crippen LogP contribution >= 0.6 is 0 Å². The Hall–Kier alpha value is 0.137. The maximum atomic E-state index is 9.04. The van der Waals surface area contributed by atoms with Crippen molar-refractivity contribution in [1.29, 1.82) is 0 Å². The molecule has 0 rings (SSSR count). The molecule has 49 valence electrons. The van der Waals surface area contributed by atoms with Crippen LogP contribution in [0.5, 0.6) is 0 Å². The average molecular weight is 132 g/mol. The van der Waals surface area contributed by atoms with Gasteiger partial charge in [-0.2, -0.15) is 0 Å². The molecule has 0 bridgehead atoms. The third-order valence-corrected chi connectivity index (χ3v) is 2.82. The van der Waals surface area contributed by atoms with Gasteiger partial charge in [-0.3, -0.25) is 0 Å². The minimum Gasteiger partial charge on any atom is -0.431 e. The molecule has 0 unspecified atom stereocenters. The van der Waals surface area contributed by atoms with Crippen LogP contribution in [0, 0.1) is 0 Å². The highest BCUT2D eigenvalue weighted by Crippen LogP contribution is 1.96. The second kappa shape index (κ2) is 5.28. The van der Waals surface area contributed by atoms with Gasteiger partial charge in [0.2, 0.25) is 9.04 Å². The van der Waals surface area contributed by atoms with E-state index in [1.807, 2.05) is 6.92 Å². The summed E-state index contributed by atoms with van der Waals surface area (Å²) < 4.78 is 0. The molecular formula is C5H14NOSi. The standard InChI is InChI=1S/C5H14NOSi/c1-2-8(7)5-3-4-6/h7H,2-6H2,1H3. The molecule has 0 spiro atoms. The van der Waals surface area contributed by atoms with Crippen molar-refractivity contribution in [3.63, 3.8) is 0 Å². The van der Waals surface area contributed by atoms with Crippen molar-refractivity contribution < 1.29 is 4.80 Å². The Morgan fingerprint density at radius 2 is 2.25 bits per heavy atom. The first kappa shape index (κ1) is 8.14. The predicted molar refractivity (Wildman–Crippen MR) is 36.9 cm³/mol. The van der Waals surface area contributed by atoms with Crippen molar-refractivity contribution in [3.05, 3.63) is 0 Å². The van der Waals surface area contributed by atoms with Crippen LogP contribution in [0.15, 0.2) is 0 Å². The lowest BCUT2D eigenvalue weighted by Crippen LogP contribution is -2.11. The van der Waals surface area contributed by atoms with E-state index in [1.54, 1.807) is 0 Å². The SMILES string of the molecule is CC[Si](O)CCCN. The molecule has 0 amide bonds. The summed E-state index contributed by atoms with van der Waals surface area (Å²) in [4.78, 5) is 9.04. The van der Waals surface area contributed by atoms with E-state index in [0.29, 0.717) is 6.54 Å². The fraction of sp³-hybridized carbons (Fsp3) is 1.00. The normalized spacial score (nSPS) is 10.5. The van der Waals surface area contributed by atoms with Crippen LogP contribution in [0.25, 0.3) is 0 Å². The fourth-order valence-corrected chi connectivity index (χ4v) is 1.45. The van der Waals surface area contributed by atoms with E-state index >= 15 is 0 Å². The van der Waals surface area contributed by atoms with Gasteiger partial charge in [-0.05, 0) is 25.1 Å². The van der Waals surface area contributed by atoms with Crippen LogP contribution in [0.2, 0.25) is 12.1 Å². The highest BCUT2D eigenvalue weighted by molar-refractivity contribution is 6.50. The maximum absolute atomic E-state index is 9.04. The van der Waals surface area contributed by atoms with Gasteiger partial charge in [0.1, 0.15) is 0 Å². The van der Waals surface area contributed by atoms with Crippen LogP contribution in [0.1, 0.15) is 13.3 Å². The van der Waals surface area contributed by atoms with Crippen LogP contribution < -0.4 is 5.73 Å². The summed E-state index contributed by atoms with van der Waals surface area (Å²) in [6.07, 6.45) is 0.985. The lowest BCUT2D eigenvalue weighted by Gasteiger charge is -1.99. The van der Waals surface area contributed by atoms with Crippen LogP contribution in [-0.2, 0) is 0 Å². The Bertz CT molecular complexity index is 51.7. The summed E-state index contributed by atoms with van der Waals surface area (Å²) >= 11 is 0. The Morgan fingerprint density at radius 1 is 1.62 bits per heavy atom. The average Bonchev–Trinajstić information content (AvgIpc) is 1.83. The second-order valence-electron chi connectivity index (χ2n) is 1.81. The highest BCUT2D eigenvalue weighted by atomic mass is 28.3. The molecule has 0 aromatic rings. The van der Waals surface area contributed by atoms with Crippen molar-refractivity contribution in [2.24, 2.45) is 5.73 Å². The van der Waals surface area contributed by atoms with E-state index in [2.05, 4.69) is 0 Å². The van der Waals surface area contributed by atoms with Gasteiger partial charge in [-0.1, -0.05) is 6.92 Å². The van der Waals surface area contributed by atoms with E-state index in [9.17, 15) is 0 Å². The molecule has 0 aliphatic carbocycles. The fourth-order valence-electron chi connectivity index (χ4n) is 0.483. The van der Waals surface area contributed by atoms with Gasteiger partial charge in [0.25, 0.3) is 0 Å². The Labute approximate surface area is 52.4 Å². The van der Waals surface area contributed by atoms with E-state index in [1.165, 1.54) is 0 Å². The Balaban J connectivity index is 2.86. The van der Waals surface area contributed by atoms with Crippen molar-refractivity contribution in [2.75, 3.05) is 6.54 Å². The zero-order valence-electron chi connectivity index (χ0n) is 5.35. The molecule has 0 heterocycles. The van der Waals surface area contributed by atoms with Gasteiger partial charge in [-0.25, -0.2) is 0 Å². The molecular weight excluding hydrogens is 118 g/mol. The van der Waals surface area contributed by atoms with Gasteiger partial charge < -0.3 is 10.5 Å². The molecule has 8 heavy (non-hydrogen) atoms. The number of nitrogens with two attached hydrogens (primary N) is 1. The lowest BCUT2D eigenvalue weighted by molar-refractivity contribution is 0.564. The summed E-state index contributed by atoms with van der Waals surface area (Å²) in [5.74, 6) is 0. The summed E-state index contributed by atoms with van der Waals surface area (Å²) in [7, 11) is -0.972. The molecule has 0 aromatic carbocycles. The zero-order chi connectivity index (χ0) is 6.41. The number of hydrogen-bond acceptors (Lipinski definition) is 2. The highest BCUT2D eigenvalue weighted by Gasteiger charge is 2.01. The monoisotopic (exact) mass is 132 g/mol. The molecule has 3 heteroatoms. The molecule has 0 atom stereocenters. The second-order valence-corrected chi connectivity index (χ2v) is 4.15. The van der Waals surface area contributed by atoms with Crippen molar-refractivity contribution in [3.8, 4) is 0 Å². The van der Waals surface area contributed by atoms with Gasteiger partial charge in [0.15, 0.2) is 0 Å². The third-order valence-electron chi connectivity index (χ3n) is 1.08. The Kier molecular flexibility index (Phi) is 5.37. The van der Waals surface area contributed by atoms with Gasteiger partial charge in [0.05, 0.1) is 0 Å². The summed E-state index contributed by atoms with van der Waals surface area (Å²) in [6, 6.07) is 1.91. The molecule has 0 aliphatic rings. The Morgan fingerprint density at radius 3 is 2.62 bits per heavy atom. The smallest absolute Gasteiger partial charge is 0.206 e. The van der Waals surface area contributed by atoms with Crippen LogP contribution in [0.3, 0.4) is 0 Å². The first-order chi connectivity index (χ1) is 3.81. The quantitative estimate of drug-likeness (QED) is 0.542. The van der Waals surface area contributed by atoms with E-state index in [0.717, 1.165) is 18.5 Å². The zero-order valence-corrected chi connectivity index (χ0v) is 6.35. The first-order valence-electron chi connectivity index (χ1n) is 3.05.